The van der Waals surface area contributed by atoms with Gasteiger partial charge in [0.15, 0.2) is 0 Å². The van der Waals surface area contributed by atoms with Gasteiger partial charge in [0, 0.05) is 21.9 Å². The molecule has 1 N–H and O–H groups in total. The van der Waals surface area contributed by atoms with Gasteiger partial charge < -0.3 is 4.98 Å². The van der Waals surface area contributed by atoms with E-state index in [0.29, 0.717) is 12.1 Å². The quantitative estimate of drug-likeness (QED) is 0.687. The van der Waals surface area contributed by atoms with E-state index in [2.05, 4.69) is 32.0 Å². The molecule has 0 bridgehead atoms. The fourth-order valence-corrected chi connectivity index (χ4v) is 3.68. The van der Waals surface area contributed by atoms with Crippen molar-refractivity contribution >= 4 is 37.9 Å². The van der Waals surface area contributed by atoms with Crippen LogP contribution in [0.25, 0.3) is 21.9 Å². The predicted molar refractivity (Wildman–Crippen MR) is 96.7 cm³/mol. The molecule has 1 aliphatic rings. The number of aryl methyl sites for hydroxylation is 1. The summed E-state index contributed by atoms with van der Waals surface area (Å²) in [7, 11) is 0. The molecule has 0 atom stereocenters. The Morgan fingerprint density at radius 1 is 1.30 bits per heavy atom. The van der Waals surface area contributed by atoms with Gasteiger partial charge in [-0.15, -0.1) is 0 Å². The number of nitrogens with one attached hydrogen (secondary N) is 1. The summed E-state index contributed by atoms with van der Waals surface area (Å²) in [6.45, 7) is 0.701. The zero-order valence-corrected chi connectivity index (χ0v) is 14.4. The molecule has 0 saturated heterocycles. The highest BCUT2D eigenvalue weighted by Gasteiger charge is 2.12. The minimum absolute atomic E-state index is 0.0127. The number of halogens is 1. The number of rotatable bonds is 3. The maximum atomic E-state index is 12.7. The van der Waals surface area contributed by atoms with Gasteiger partial charge in [0.05, 0.1) is 6.33 Å². The normalized spacial score (nSPS) is 15.3. The van der Waals surface area contributed by atoms with Gasteiger partial charge in [-0.05, 0) is 50.3 Å². The third kappa shape index (κ3) is 2.74. The van der Waals surface area contributed by atoms with E-state index < -0.39 is 0 Å². The van der Waals surface area contributed by atoms with Gasteiger partial charge in [0.25, 0.3) is 5.56 Å². The smallest absolute Gasteiger partial charge is 0.277 e. The molecule has 5 heteroatoms. The van der Waals surface area contributed by atoms with Crippen molar-refractivity contribution in [3.63, 3.8) is 0 Å². The second kappa shape index (κ2) is 5.96. The molecule has 4 nitrogen and oxygen atoms in total. The molecule has 0 spiro atoms. The predicted octanol–water partition coefficient (Wildman–Crippen LogP) is 4.53. The number of hydrogen-bond acceptors (Lipinski definition) is 2. The highest BCUT2D eigenvalue weighted by Crippen LogP contribution is 2.25. The molecule has 4 rings (SSSR count). The number of allylic oxidation sites excluding steroid dienone is 2. The summed E-state index contributed by atoms with van der Waals surface area (Å²) >= 11 is 3.47. The molecule has 118 valence electrons. The van der Waals surface area contributed by atoms with E-state index >= 15 is 0 Å². The lowest BCUT2D eigenvalue weighted by atomic mass is 9.97. The average Bonchev–Trinajstić information content (AvgIpc) is 2.94. The van der Waals surface area contributed by atoms with Crippen molar-refractivity contribution in [2.24, 2.45) is 0 Å². The minimum atomic E-state index is 0.0127. The molecule has 1 aliphatic carbocycles. The second-order valence-electron chi connectivity index (χ2n) is 6.14. The Hall–Kier alpha value is -1.88. The maximum absolute atomic E-state index is 12.7. The number of nitrogens with zero attached hydrogens (tertiary/aromatic N) is 2. The van der Waals surface area contributed by atoms with Gasteiger partial charge in [-0.2, -0.15) is 0 Å². The van der Waals surface area contributed by atoms with Gasteiger partial charge in [0.1, 0.15) is 11.0 Å². The molecule has 2 heterocycles. The zero-order chi connectivity index (χ0) is 15.8. The summed E-state index contributed by atoms with van der Waals surface area (Å²) in [5.74, 6) is 0. The van der Waals surface area contributed by atoms with Crippen molar-refractivity contribution in [1.29, 1.82) is 0 Å². The minimum Gasteiger partial charge on any atom is -0.349 e. The zero-order valence-electron chi connectivity index (χ0n) is 12.8. The van der Waals surface area contributed by atoms with Crippen LogP contribution in [0.2, 0.25) is 0 Å². The van der Waals surface area contributed by atoms with E-state index in [-0.39, 0.29) is 5.56 Å². The molecule has 0 saturated carbocycles. The lowest BCUT2D eigenvalue weighted by Crippen LogP contribution is -2.21. The highest BCUT2D eigenvalue weighted by molar-refractivity contribution is 9.10. The average molecular weight is 372 g/mol. The molecule has 3 aromatic rings. The molecule has 0 amide bonds. The van der Waals surface area contributed by atoms with Gasteiger partial charge in [0.2, 0.25) is 0 Å². The largest absolute Gasteiger partial charge is 0.349 e. The van der Waals surface area contributed by atoms with Crippen LogP contribution in [0.1, 0.15) is 32.1 Å². The summed E-state index contributed by atoms with van der Waals surface area (Å²) in [4.78, 5) is 20.5. The van der Waals surface area contributed by atoms with Crippen LogP contribution in [0.15, 0.2) is 45.4 Å². The van der Waals surface area contributed by atoms with E-state index in [1.165, 1.54) is 31.3 Å². The summed E-state index contributed by atoms with van der Waals surface area (Å²) < 4.78 is 2.71. The molecular weight excluding hydrogens is 354 g/mol. The molecular formula is C18H18BrN3O. The summed E-state index contributed by atoms with van der Waals surface area (Å²) in [6.07, 6.45) is 9.88. The Bertz CT molecular complexity index is 967. The third-order valence-electron chi connectivity index (χ3n) is 4.59. The number of aromatic nitrogens is 3. The fraction of sp³-hybridized carbons (Fsp3) is 0.333. The van der Waals surface area contributed by atoms with Crippen molar-refractivity contribution in [3.05, 3.63) is 51.0 Å². The van der Waals surface area contributed by atoms with Gasteiger partial charge in [-0.3, -0.25) is 9.36 Å². The van der Waals surface area contributed by atoms with E-state index in [1.807, 2.05) is 18.2 Å². The lowest BCUT2D eigenvalue weighted by Gasteiger charge is -2.13. The first-order valence-electron chi connectivity index (χ1n) is 8.07. The number of aromatic amines is 1. The monoisotopic (exact) mass is 371 g/mol. The summed E-state index contributed by atoms with van der Waals surface area (Å²) in [6, 6.07) is 5.93. The summed E-state index contributed by atoms with van der Waals surface area (Å²) in [5.41, 5.74) is 3.78. The molecule has 0 radical (unpaired) electrons. The Labute approximate surface area is 142 Å². The Balaban J connectivity index is 1.71. The van der Waals surface area contributed by atoms with Crippen LogP contribution in [0.4, 0.5) is 0 Å². The molecule has 0 fully saturated rings. The molecule has 0 unspecified atom stereocenters. The van der Waals surface area contributed by atoms with Crippen molar-refractivity contribution in [3.8, 4) is 0 Å². The molecule has 0 aliphatic heterocycles. The second-order valence-corrected chi connectivity index (χ2v) is 7.06. The number of benzene rings is 1. The first-order chi connectivity index (χ1) is 11.2. The van der Waals surface area contributed by atoms with Crippen LogP contribution in [-0.4, -0.2) is 14.5 Å². The van der Waals surface area contributed by atoms with Crippen LogP contribution in [0.3, 0.4) is 0 Å². The highest BCUT2D eigenvalue weighted by atomic mass is 79.9. The van der Waals surface area contributed by atoms with Crippen LogP contribution < -0.4 is 5.56 Å². The Kier molecular flexibility index (Phi) is 3.81. The van der Waals surface area contributed by atoms with Crippen LogP contribution in [0.5, 0.6) is 0 Å². The first kappa shape index (κ1) is 14.7. The van der Waals surface area contributed by atoms with Crippen LogP contribution in [-0.2, 0) is 6.54 Å². The SMILES string of the molecule is O=c1c2[nH]c3ccc(Br)cc3c2ncn1CCC1=CCCCC1. The van der Waals surface area contributed by atoms with Crippen molar-refractivity contribution in [1.82, 2.24) is 14.5 Å². The van der Waals surface area contributed by atoms with E-state index in [9.17, 15) is 4.79 Å². The van der Waals surface area contributed by atoms with Crippen LogP contribution >= 0.6 is 15.9 Å². The lowest BCUT2D eigenvalue weighted by molar-refractivity contribution is 0.610. The first-order valence-corrected chi connectivity index (χ1v) is 8.86. The van der Waals surface area contributed by atoms with E-state index in [1.54, 1.807) is 10.9 Å². The summed E-state index contributed by atoms with van der Waals surface area (Å²) in [5, 5.41) is 0.980. The molecule has 1 aromatic carbocycles. The number of hydrogen-bond donors (Lipinski definition) is 1. The number of H-pyrrole nitrogens is 1. The standard InChI is InChI=1S/C18H18BrN3O/c19-13-6-7-15-14(10-13)16-17(21-15)18(23)22(11-20-16)9-8-12-4-2-1-3-5-12/h4,6-7,10-11,21H,1-3,5,8-9H2. The van der Waals surface area contributed by atoms with Gasteiger partial charge in [-0.1, -0.05) is 27.6 Å². The maximum Gasteiger partial charge on any atom is 0.277 e. The van der Waals surface area contributed by atoms with Crippen molar-refractivity contribution in [2.45, 2.75) is 38.6 Å². The Morgan fingerprint density at radius 3 is 3.04 bits per heavy atom. The van der Waals surface area contributed by atoms with Crippen molar-refractivity contribution in [2.75, 3.05) is 0 Å². The third-order valence-corrected chi connectivity index (χ3v) is 5.09. The molecule has 2 aromatic heterocycles. The van der Waals surface area contributed by atoms with Crippen LogP contribution in [0, 0.1) is 0 Å². The van der Waals surface area contributed by atoms with Gasteiger partial charge >= 0.3 is 0 Å². The van der Waals surface area contributed by atoms with Gasteiger partial charge in [-0.25, -0.2) is 4.98 Å². The number of fused-ring (bicyclic) bond motifs is 3. The topological polar surface area (TPSA) is 50.7 Å². The van der Waals surface area contributed by atoms with E-state index in [0.717, 1.165) is 27.3 Å². The van der Waals surface area contributed by atoms with Crippen molar-refractivity contribution < 1.29 is 0 Å². The van der Waals surface area contributed by atoms with E-state index in [4.69, 9.17) is 0 Å². The Morgan fingerprint density at radius 2 is 2.22 bits per heavy atom. The molecule has 23 heavy (non-hydrogen) atoms. The fourth-order valence-electron chi connectivity index (χ4n) is 3.32.